The van der Waals surface area contributed by atoms with E-state index in [0.29, 0.717) is 41.7 Å². The summed E-state index contributed by atoms with van der Waals surface area (Å²) in [5, 5.41) is 6.22. The number of nitrogens with zero attached hydrogens (tertiary/aromatic N) is 2. The molecule has 0 saturated heterocycles. The first-order valence-corrected chi connectivity index (χ1v) is 10.1. The number of alkyl halides is 3. The highest BCUT2D eigenvalue weighted by atomic mass is 32.1. The monoisotopic (exact) mass is 464 g/mol. The molecule has 2 aromatic carbocycles. The second kappa shape index (κ2) is 8.50. The zero-order valence-corrected chi connectivity index (χ0v) is 17.4. The number of hydroxylamine groups is 2. The number of hydrogen-bond acceptors (Lipinski definition) is 5. The standard InChI is InChI=1S/C21H16F4N4O2S/c1-12-8-15(3-5-18(12)31-29-7-6-19-13(11-29)10-26-32-19)27-20(30)28-17-9-14(21(23,24)25)2-4-16(17)22/h2-10H,11H2,1H3,(H2,27,28,30). The van der Waals surface area contributed by atoms with Gasteiger partial charge in [-0.25, -0.2) is 18.6 Å². The fourth-order valence-electron chi connectivity index (χ4n) is 3.00. The number of hydrogen-bond donors (Lipinski definition) is 2. The quantitative estimate of drug-likeness (QED) is 0.463. The molecule has 0 aliphatic carbocycles. The number of aryl methyl sites for hydroxylation is 1. The highest BCUT2D eigenvalue weighted by Crippen LogP contribution is 2.32. The van der Waals surface area contributed by atoms with Crippen molar-refractivity contribution in [3.8, 4) is 5.75 Å². The molecule has 1 aliphatic rings. The number of anilines is 2. The average Bonchev–Trinajstić information content (AvgIpc) is 3.19. The second-order valence-corrected chi connectivity index (χ2v) is 7.78. The third-order valence-electron chi connectivity index (χ3n) is 4.58. The van der Waals surface area contributed by atoms with Crippen LogP contribution in [0, 0.1) is 12.7 Å². The Bertz CT molecular complexity index is 1190. The molecule has 0 unspecified atom stereocenters. The number of carbonyl (C=O) groups is 1. The van der Waals surface area contributed by atoms with Crippen LogP contribution >= 0.6 is 11.5 Å². The van der Waals surface area contributed by atoms with Crippen molar-refractivity contribution in [2.75, 3.05) is 10.6 Å². The molecule has 0 atom stereocenters. The minimum absolute atomic E-state index is 0.359. The van der Waals surface area contributed by atoms with Gasteiger partial charge in [-0.15, -0.1) is 0 Å². The van der Waals surface area contributed by atoms with Gasteiger partial charge >= 0.3 is 12.2 Å². The summed E-state index contributed by atoms with van der Waals surface area (Å²) in [7, 11) is 0. The Balaban J connectivity index is 1.40. The summed E-state index contributed by atoms with van der Waals surface area (Å²) in [6, 6.07) is 5.75. The van der Waals surface area contributed by atoms with Crippen molar-refractivity contribution in [3.63, 3.8) is 0 Å². The van der Waals surface area contributed by atoms with Crippen molar-refractivity contribution >= 4 is 35.0 Å². The number of halogens is 4. The topological polar surface area (TPSA) is 66.5 Å². The number of rotatable bonds is 4. The summed E-state index contributed by atoms with van der Waals surface area (Å²) in [6.45, 7) is 2.31. The normalized spacial score (nSPS) is 13.0. The molecule has 0 fully saturated rings. The van der Waals surface area contributed by atoms with Gasteiger partial charge in [0.05, 0.1) is 22.7 Å². The van der Waals surface area contributed by atoms with Crippen LogP contribution in [-0.2, 0) is 12.7 Å². The van der Waals surface area contributed by atoms with Gasteiger partial charge in [0.1, 0.15) is 5.82 Å². The number of amides is 2. The van der Waals surface area contributed by atoms with Gasteiger partial charge in [-0.3, -0.25) is 0 Å². The van der Waals surface area contributed by atoms with Gasteiger partial charge in [0.15, 0.2) is 5.75 Å². The molecule has 0 spiro atoms. The fourth-order valence-corrected chi connectivity index (χ4v) is 3.65. The Morgan fingerprint density at radius 1 is 1.19 bits per heavy atom. The zero-order valence-electron chi connectivity index (χ0n) is 16.5. The van der Waals surface area contributed by atoms with Gasteiger partial charge in [0.2, 0.25) is 0 Å². The summed E-state index contributed by atoms with van der Waals surface area (Å²) >= 11 is 1.40. The maximum atomic E-state index is 13.8. The lowest BCUT2D eigenvalue weighted by molar-refractivity contribution is -0.137. The van der Waals surface area contributed by atoms with Crippen LogP contribution in [0.5, 0.6) is 5.75 Å². The molecular weight excluding hydrogens is 448 g/mol. The SMILES string of the molecule is Cc1cc(NC(=O)Nc2cc(C(F)(F)F)ccc2F)ccc1ON1C=Cc2sncc2C1. The summed E-state index contributed by atoms with van der Waals surface area (Å²) < 4.78 is 56.4. The van der Waals surface area contributed by atoms with E-state index in [0.717, 1.165) is 10.4 Å². The first kappa shape index (κ1) is 21.6. The van der Waals surface area contributed by atoms with E-state index in [-0.39, 0.29) is 0 Å². The molecule has 32 heavy (non-hydrogen) atoms. The van der Waals surface area contributed by atoms with E-state index in [4.69, 9.17) is 4.84 Å². The lowest BCUT2D eigenvalue weighted by Crippen LogP contribution is -2.23. The molecule has 2 heterocycles. The molecule has 1 aliphatic heterocycles. The molecule has 0 bridgehead atoms. The second-order valence-electron chi connectivity index (χ2n) is 6.95. The Kier molecular flexibility index (Phi) is 5.74. The van der Waals surface area contributed by atoms with Crippen molar-refractivity contribution in [3.05, 3.63) is 76.2 Å². The average molecular weight is 464 g/mol. The maximum absolute atomic E-state index is 13.8. The van der Waals surface area contributed by atoms with Gasteiger partial charge in [-0.1, -0.05) is 0 Å². The summed E-state index contributed by atoms with van der Waals surface area (Å²) in [4.78, 5) is 19.1. The summed E-state index contributed by atoms with van der Waals surface area (Å²) in [6.07, 6.45) is 0.826. The minimum atomic E-state index is -4.65. The Hall–Kier alpha value is -3.60. The van der Waals surface area contributed by atoms with Gasteiger partial charge in [0, 0.05) is 23.6 Å². The maximum Gasteiger partial charge on any atom is 0.416 e. The van der Waals surface area contributed by atoms with E-state index in [1.807, 2.05) is 6.08 Å². The van der Waals surface area contributed by atoms with Gasteiger partial charge < -0.3 is 15.5 Å². The highest BCUT2D eigenvalue weighted by Gasteiger charge is 2.31. The van der Waals surface area contributed by atoms with E-state index in [9.17, 15) is 22.4 Å². The fraction of sp³-hybridized carbons (Fsp3) is 0.143. The molecule has 3 aromatic rings. The number of urea groups is 1. The van der Waals surface area contributed by atoms with Crippen LogP contribution in [0.1, 0.15) is 21.6 Å². The zero-order chi connectivity index (χ0) is 22.9. The largest absolute Gasteiger partial charge is 0.416 e. The molecule has 4 rings (SSSR count). The minimum Gasteiger partial charge on any atom is -0.380 e. The Morgan fingerprint density at radius 2 is 2.00 bits per heavy atom. The lowest BCUT2D eigenvalue weighted by Gasteiger charge is -2.24. The summed E-state index contributed by atoms with van der Waals surface area (Å²) in [5.41, 5.74) is 0.470. The molecule has 6 nitrogen and oxygen atoms in total. The predicted molar refractivity (Wildman–Crippen MR) is 113 cm³/mol. The van der Waals surface area contributed by atoms with Gasteiger partial charge in [-0.05, 0) is 66.5 Å². The van der Waals surface area contributed by atoms with E-state index in [1.54, 1.807) is 42.6 Å². The summed E-state index contributed by atoms with van der Waals surface area (Å²) in [5.74, 6) is -0.428. The number of carbonyl (C=O) groups excluding carboxylic acids is 1. The van der Waals surface area contributed by atoms with Crippen LogP contribution in [0.25, 0.3) is 6.08 Å². The number of nitrogens with one attached hydrogen (secondary N) is 2. The van der Waals surface area contributed by atoms with E-state index in [2.05, 4.69) is 15.0 Å². The third kappa shape index (κ3) is 4.83. The lowest BCUT2D eigenvalue weighted by atomic mass is 10.2. The van der Waals surface area contributed by atoms with Gasteiger partial charge in [-0.2, -0.15) is 13.2 Å². The van der Waals surface area contributed by atoms with Crippen molar-refractivity contribution in [1.29, 1.82) is 0 Å². The van der Waals surface area contributed by atoms with Crippen molar-refractivity contribution in [1.82, 2.24) is 9.44 Å². The number of aromatic nitrogens is 1. The smallest absolute Gasteiger partial charge is 0.380 e. The molecular formula is C21H16F4N4O2S. The molecule has 0 radical (unpaired) electrons. The van der Waals surface area contributed by atoms with E-state index < -0.39 is 29.3 Å². The number of benzene rings is 2. The molecule has 2 N–H and O–H groups in total. The van der Waals surface area contributed by atoms with Crippen LogP contribution in [-0.4, -0.2) is 15.5 Å². The van der Waals surface area contributed by atoms with Crippen molar-refractivity contribution < 1.29 is 27.2 Å². The third-order valence-corrected chi connectivity index (χ3v) is 5.39. The van der Waals surface area contributed by atoms with Gasteiger partial charge in [0.25, 0.3) is 0 Å². The first-order chi connectivity index (χ1) is 15.2. The molecule has 0 saturated carbocycles. The number of fused-ring (bicyclic) bond motifs is 1. The van der Waals surface area contributed by atoms with Crippen molar-refractivity contribution in [2.45, 2.75) is 19.6 Å². The molecule has 2 amide bonds. The predicted octanol–water partition coefficient (Wildman–Crippen LogP) is 6.03. The Labute approximate surface area is 184 Å². The molecule has 166 valence electrons. The van der Waals surface area contributed by atoms with E-state index in [1.165, 1.54) is 11.5 Å². The molecule has 11 heteroatoms. The van der Waals surface area contributed by atoms with Crippen molar-refractivity contribution in [2.24, 2.45) is 0 Å². The van der Waals surface area contributed by atoms with Crippen LogP contribution in [0.15, 0.2) is 48.8 Å². The Morgan fingerprint density at radius 3 is 2.75 bits per heavy atom. The van der Waals surface area contributed by atoms with E-state index >= 15 is 0 Å². The highest BCUT2D eigenvalue weighted by molar-refractivity contribution is 7.06. The van der Waals surface area contributed by atoms with Crippen LogP contribution in [0.3, 0.4) is 0 Å². The van der Waals surface area contributed by atoms with Crippen LogP contribution in [0.2, 0.25) is 0 Å². The first-order valence-electron chi connectivity index (χ1n) is 9.31. The molecule has 1 aromatic heterocycles. The van der Waals surface area contributed by atoms with Crippen LogP contribution in [0.4, 0.5) is 33.7 Å². The van der Waals surface area contributed by atoms with Crippen LogP contribution < -0.4 is 15.5 Å².